The van der Waals surface area contributed by atoms with E-state index in [-0.39, 0.29) is 11.9 Å². The van der Waals surface area contributed by atoms with Gasteiger partial charge in [0.2, 0.25) is 5.91 Å². The Morgan fingerprint density at radius 3 is 2.31 bits per heavy atom. The first kappa shape index (κ1) is 20.3. The molecule has 3 amide bonds. The lowest BCUT2D eigenvalue weighted by atomic mass is 10.2. The second-order valence-electron chi connectivity index (χ2n) is 6.37. The molecule has 0 atom stereocenters. The van der Waals surface area contributed by atoms with Gasteiger partial charge in [-0.2, -0.15) is 0 Å². The van der Waals surface area contributed by atoms with Crippen molar-refractivity contribution in [3.05, 3.63) is 65.2 Å². The molecule has 0 saturated heterocycles. The predicted molar refractivity (Wildman–Crippen MR) is 116 cm³/mol. The van der Waals surface area contributed by atoms with E-state index in [1.807, 2.05) is 36.6 Å². The zero-order valence-electron chi connectivity index (χ0n) is 16.2. The number of thiazole rings is 1. The number of nitrogens with one attached hydrogen (secondary N) is 3. The molecule has 3 aromatic rings. The maximum absolute atomic E-state index is 12.1. The predicted octanol–water partition coefficient (Wildman–Crippen LogP) is 4.68. The number of carbonyl (C=O) groups is 2. The van der Waals surface area contributed by atoms with Gasteiger partial charge in [-0.05, 0) is 49.7 Å². The van der Waals surface area contributed by atoms with Crippen LogP contribution >= 0.6 is 11.3 Å². The molecule has 7 nitrogen and oxygen atoms in total. The van der Waals surface area contributed by atoms with Crippen molar-refractivity contribution >= 4 is 39.8 Å². The molecule has 3 rings (SSSR count). The van der Waals surface area contributed by atoms with Gasteiger partial charge in [0.1, 0.15) is 5.75 Å². The molecule has 29 heavy (non-hydrogen) atoms. The Balaban J connectivity index is 1.45. The van der Waals surface area contributed by atoms with E-state index in [9.17, 15) is 9.59 Å². The van der Waals surface area contributed by atoms with Crippen LogP contribution in [0.15, 0.2) is 53.9 Å². The summed E-state index contributed by atoms with van der Waals surface area (Å²) in [5.74, 6) is 0.639. The zero-order chi connectivity index (χ0) is 20.6. The lowest BCUT2D eigenvalue weighted by Crippen LogP contribution is -2.19. The van der Waals surface area contributed by atoms with Gasteiger partial charge in [-0.15, -0.1) is 11.3 Å². The molecular weight excluding hydrogens is 388 g/mol. The molecule has 0 unspecified atom stereocenters. The number of methoxy groups -OCH3 is 1. The summed E-state index contributed by atoms with van der Waals surface area (Å²) in [6.07, 6.45) is 0.811. The molecule has 3 N–H and O–H groups in total. The second kappa shape index (κ2) is 9.70. The number of aryl methyl sites for hydroxylation is 2. The molecule has 0 aliphatic rings. The molecule has 2 aromatic carbocycles. The first-order chi connectivity index (χ1) is 14.0. The van der Waals surface area contributed by atoms with Gasteiger partial charge in [0.15, 0.2) is 5.13 Å². The van der Waals surface area contributed by atoms with Crippen LogP contribution < -0.4 is 20.7 Å². The summed E-state index contributed by atoms with van der Waals surface area (Å²) in [5.41, 5.74) is 3.32. The maximum Gasteiger partial charge on any atom is 0.325 e. The van der Waals surface area contributed by atoms with Crippen LogP contribution in [0.4, 0.5) is 21.3 Å². The van der Waals surface area contributed by atoms with Crippen molar-refractivity contribution in [2.24, 2.45) is 0 Å². The van der Waals surface area contributed by atoms with E-state index in [0.717, 1.165) is 16.9 Å². The molecular formula is C21H22N4O3S. The van der Waals surface area contributed by atoms with Crippen molar-refractivity contribution in [3.63, 3.8) is 0 Å². The third kappa shape index (κ3) is 6.32. The number of urea groups is 1. The van der Waals surface area contributed by atoms with Crippen LogP contribution in [0.25, 0.3) is 0 Å². The molecule has 0 saturated carbocycles. The van der Waals surface area contributed by atoms with Crippen LogP contribution in [0, 0.1) is 6.92 Å². The highest BCUT2D eigenvalue weighted by Crippen LogP contribution is 2.19. The molecule has 1 aromatic heterocycles. The van der Waals surface area contributed by atoms with E-state index < -0.39 is 0 Å². The summed E-state index contributed by atoms with van der Waals surface area (Å²) < 4.78 is 5.09. The Kier molecular flexibility index (Phi) is 6.80. The maximum atomic E-state index is 12.1. The number of aromatic nitrogens is 1. The summed E-state index contributed by atoms with van der Waals surface area (Å²) in [5, 5.41) is 10.6. The van der Waals surface area contributed by atoms with E-state index in [1.165, 1.54) is 11.3 Å². The molecule has 0 aliphatic heterocycles. The Morgan fingerprint density at radius 1 is 0.966 bits per heavy atom. The summed E-state index contributed by atoms with van der Waals surface area (Å²) in [6, 6.07) is 14.3. The van der Waals surface area contributed by atoms with Gasteiger partial charge in [-0.1, -0.05) is 17.7 Å². The monoisotopic (exact) mass is 410 g/mol. The van der Waals surface area contributed by atoms with E-state index >= 15 is 0 Å². The molecule has 1 heterocycles. The van der Waals surface area contributed by atoms with Gasteiger partial charge in [0.25, 0.3) is 0 Å². The van der Waals surface area contributed by atoms with E-state index in [2.05, 4.69) is 20.9 Å². The Bertz CT molecular complexity index is 968. The van der Waals surface area contributed by atoms with Crippen LogP contribution in [0.5, 0.6) is 5.75 Å². The Labute approximate surface area is 173 Å². The largest absolute Gasteiger partial charge is 0.497 e. The average molecular weight is 410 g/mol. The summed E-state index contributed by atoms with van der Waals surface area (Å²) in [4.78, 5) is 28.5. The second-order valence-corrected chi connectivity index (χ2v) is 7.22. The van der Waals surface area contributed by atoms with Crippen molar-refractivity contribution in [3.8, 4) is 5.75 Å². The fourth-order valence-corrected chi connectivity index (χ4v) is 3.25. The van der Waals surface area contributed by atoms with Gasteiger partial charge < -0.3 is 15.4 Å². The van der Waals surface area contributed by atoms with Crippen molar-refractivity contribution < 1.29 is 14.3 Å². The van der Waals surface area contributed by atoms with E-state index in [1.54, 1.807) is 31.4 Å². The minimum atomic E-state index is -0.381. The van der Waals surface area contributed by atoms with Crippen LogP contribution in [0.2, 0.25) is 0 Å². The normalized spacial score (nSPS) is 10.3. The standard InChI is InChI=1S/C21H22N4O3S/c1-14-3-5-15(6-4-14)22-19(26)12-9-17-13-29-21(24-17)25-20(27)23-16-7-10-18(28-2)11-8-16/h3-8,10-11,13H,9,12H2,1-2H3,(H,22,26)(H2,23,24,25,27). The third-order valence-corrected chi connectivity index (χ3v) is 4.87. The number of hydrogen-bond donors (Lipinski definition) is 3. The van der Waals surface area contributed by atoms with E-state index in [4.69, 9.17) is 4.74 Å². The Morgan fingerprint density at radius 2 is 1.62 bits per heavy atom. The van der Waals surface area contributed by atoms with Gasteiger partial charge >= 0.3 is 6.03 Å². The lowest BCUT2D eigenvalue weighted by Gasteiger charge is -2.06. The Hall–Kier alpha value is -3.39. The van der Waals surface area contributed by atoms with Crippen LogP contribution in [0.1, 0.15) is 17.7 Å². The van der Waals surface area contributed by atoms with Gasteiger partial charge in [0.05, 0.1) is 12.8 Å². The number of benzene rings is 2. The first-order valence-corrected chi connectivity index (χ1v) is 9.93. The average Bonchev–Trinajstić information content (AvgIpc) is 3.16. The number of carbonyl (C=O) groups excluding carboxylic acids is 2. The highest BCUT2D eigenvalue weighted by atomic mass is 32.1. The number of ether oxygens (including phenoxy) is 1. The van der Waals surface area contributed by atoms with Crippen LogP contribution in [0.3, 0.4) is 0 Å². The topological polar surface area (TPSA) is 92.3 Å². The van der Waals surface area contributed by atoms with Crippen molar-refractivity contribution in [1.29, 1.82) is 0 Å². The number of anilines is 3. The highest BCUT2D eigenvalue weighted by molar-refractivity contribution is 7.13. The van der Waals surface area contributed by atoms with Gasteiger partial charge in [-0.3, -0.25) is 10.1 Å². The first-order valence-electron chi connectivity index (χ1n) is 9.05. The number of hydrogen-bond acceptors (Lipinski definition) is 5. The fraction of sp³-hybridized carbons (Fsp3) is 0.190. The number of rotatable bonds is 7. The minimum Gasteiger partial charge on any atom is -0.497 e. The van der Waals surface area contributed by atoms with E-state index in [0.29, 0.717) is 29.4 Å². The minimum absolute atomic E-state index is 0.0754. The summed E-state index contributed by atoms with van der Waals surface area (Å²) >= 11 is 1.32. The zero-order valence-corrected chi connectivity index (χ0v) is 17.0. The van der Waals surface area contributed by atoms with Gasteiger partial charge in [0, 0.05) is 23.2 Å². The number of nitrogens with zero attached hydrogens (tertiary/aromatic N) is 1. The lowest BCUT2D eigenvalue weighted by molar-refractivity contribution is -0.116. The molecule has 150 valence electrons. The van der Waals surface area contributed by atoms with Gasteiger partial charge in [-0.25, -0.2) is 9.78 Å². The van der Waals surface area contributed by atoms with Crippen molar-refractivity contribution in [1.82, 2.24) is 4.98 Å². The number of amides is 3. The van der Waals surface area contributed by atoms with Crippen molar-refractivity contribution in [2.75, 3.05) is 23.1 Å². The molecule has 8 heteroatoms. The highest BCUT2D eigenvalue weighted by Gasteiger charge is 2.09. The SMILES string of the molecule is COc1ccc(NC(=O)Nc2nc(CCC(=O)Nc3ccc(C)cc3)cs2)cc1. The quantitative estimate of drug-likeness (QED) is 0.527. The third-order valence-electron chi connectivity index (χ3n) is 4.06. The molecule has 0 radical (unpaired) electrons. The van der Waals surface area contributed by atoms with Crippen molar-refractivity contribution in [2.45, 2.75) is 19.8 Å². The summed E-state index contributed by atoms with van der Waals surface area (Å²) in [7, 11) is 1.58. The summed E-state index contributed by atoms with van der Waals surface area (Å²) in [6.45, 7) is 2.00. The molecule has 0 spiro atoms. The molecule has 0 fully saturated rings. The van der Waals surface area contributed by atoms with Crippen LogP contribution in [-0.4, -0.2) is 24.0 Å². The molecule has 0 aliphatic carbocycles. The molecule has 0 bridgehead atoms. The fourth-order valence-electron chi connectivity index (χ4n) is 2.52. The van der Waals surface area contributed by atoms with Crippen LogP contribution in [-0.2, 0) is 11.2 Å². The smallest absolute Gasteiger partial charge is 0.325 e.